The summed E-state index contributed by atoms with van der Waals surface area (Å²) in [6.07, 6.45) is 0.291. The largest absolute Gasteiger partial charge is 0.478 e. The van der Waals surface area contributed by atoms with Crippen LogP contribution in [0.3, 0.4) is 0 Å². The maximum absolute atomic E-state index is 13.1. The van der Waals surface area contributed by atoms with Gasteiger partial charge in [0.2, 0.25) is 10.0 Å². The number of anilines is 1. The van der Waals surface area contributed by atoms with Crippen molar-refractivity contribution in [2.75, 3.05) is 10.5 Å². The van der Waals surface area contributed by atoms with Crippen LogP contribution in [0, 0.1) is 5.82 Å². The number of carboxylic acid groups (broad SMARTS) is 1. The molecule has 0 spiro atoms. The van der Waals surface area contributed by atoms with Crippen molar-refractivity contribution in [1.82, 2.24) is 0 Å². The third-order valence-corrected chi connectivity index (χ3v) is 4.25. The average Bonchev–Trinajstić information content (AvgIpc) is 2.48. The smallest absolute Gasteiger partial charge is 0.337 e. The lowest BCUT2D eigenvalue weighted by Crippen LogP contribution is -2.20. The van der Waals surface area contributed by atoms with Crippen molar-refractivity contribution >= 4 is 21.7 Å². The number of rotatable bonds is 6. The Morgan fingerprint density at radius 2 is 1.82 bits per heavy atom. The lowest BCUT2D eigenvalue weighted by atomic mass is 10.2. The summed E-state index contributed by atoms with van der Waals surface area (Å²) in [5.41, 5.74) is 0.274. The predicted molar refractivity (Wildman–Crippen MR) is 80.9 cm³/mol. The molecule has 116 valence electrons. The van der Waals surface area contributed by atoms with Crippen LogP contribution in [-0.4, -0.2) is 25.2 Å². The van der Waals surface area contributed by atoms with Gasteiger partial charge in [0.1, 0.15) is 5.82 Å². The monoisotopic (exact) mass is 323 g/mol. The average molecular weight is 323 g/mol. The number of sulfonamides is 1. The van der Waals surface area contributed by atoms with Crippen LogP contribution in [-0.2, 0) is 16.4 Å². The summed E-state index contributed by atoms with van der Waals surface area (Å²) in [6, 6.07) is 11.9. The van der Waals surface area contributed by atoms with E-state index in [2.05, 4.69) is 4.72 Å². The van der Waals surface area contributed by atoms with Crippen LogP contribution in [0.4, 0.5) is 10.1 Å². The Labute approximate surface area is 127 Å². The highest BCUT2D eigenvalue weighted by Crippen LogP contribution is 2.19. The van der Waals surface area contributed by atoms with E-state index in [1.54, 1.807) is 24.3 Å². The standard InChI is InChI=1S/C15H14FNO4S/c16-12-6-7-14(13(10-12)15(18)19)17-22(20,21)9-8-11-4-2-1-3-5-11/h1-7,10,17H,8-9H2,(H,18,19). The molecule has 0 unspecified atom stereocenters. The number of aryl methyl sites for hydroxylation is 1. The summed E-state index contributed by atoms with van der Waals surface area (Å²) < 4.78 is 39.3. The van der Waals surface area contributed by atoms with Crippen molar-refractivity contribution in [3.8, 4) is 0 Å². The van der Waals surface area contributed by atoms with Crippen LogP contribution in [0.5, 0.6) is 0 Å². The van der Waals surface area contributed by atoms with E-state index in [0.29, 0.717) is 6.42 Å². The molecule has 0 radical (unpaired) electrons. The molecule has 0 fully saturated rings. The highest BCUT2D eigenvalue weighted by molar-refractivity contribution is 7.92. The van der Waals surface area contributed by atoms with Crippen LogP contribution in [0.1, 0.15) is 15.9 Å². The Bertz CT molecular complexity index is 775. The fourth-order valence-corrected chi connectivity index (χ4v) is 3.02. The molecule has 0 saturated carbocycles. The molecule has 22 heavy (non-hydrogen) atoms. The van der Waals surface area contributed by atoms with Gasteiger partial charge in [-0.15, -0.1) is 0 Å². The maximum Gasteiger partial charge on any atom is 0.337 e. The van der Waals surface area contributed by atoms with Gasteiger partial charge < -0.3 is 5.11 Å². The third-order valence-electron chi connectivity index (χ3n) is 2.98. The summed E-state index contributed by atoms with van der Waals surface area (Å²) >= 11 is 0. The van der Waals surface area contributed by atoms with Crippen LogP contribution < -0.4 is 4.72 Å². The van der Waals surface area contributed by atoms with Crippen LogP contribution in [0.2, 0.25) is 0 Å². The van der Waals surface area contributed by atoms with Gasteiger partial charge in [0.05, 0.1) is 17.0 Å². The molecule has 0 atom stereocenters. The van der Waals surface area contributed by atoms with Crippen molar-refractivity contribution in [2.24, 2.45) is 0 Å². The molecular formula is C15H14FNO4S. The number of halogens is 1. The SMILES string of the molecule is O=C(O)c1cc(F)ccc1NS(=O)(=O)CCc1ccccc1. The highest BCUT2D eigenvalue weighted by atomic mass is 32.2. The minimum atomic E-state index is -3.74. The molecule has 0 amide bonds. The molecule has 2 aromatic rings. The van der Waals surface area contributed by atoms with Gasteiger partial charge in [-0.3, -0.25) is 4.72 Å². The van der Waals surface area contributed by atoms with Crippen molar-refractivity contribution in [3.05, 3.63) is 65.5 Å². The zero-order valence-corrected chi connectivity index (χ0v) is 12.3. The number of hydrogen-bond donors (Lipinski definition) is 2. The van der Waals surface area contributed by atoms with Gasteiger partial charge in [-0.1, -0.05) is 30.3 Å². The Balaban J connectivity index is 2.14. The predicted octanol–water partition coefficient (Wildman–Crippen LogP) is 2.51. The van der Waals surface area contributed by atoms with Gasteiger partial charge >= 0.3 is 5.97 Å². The molecule has 0 bridgehead atoms. The summed E-state index contributed by atoms with van der Waals surface area (Å²) in [5.74, 6) is -2.35. The first kappa shape index (κ1) is 16.0. The Morgan fingerprint density at radius 3 is 2.45 bits per heavy atom. The minimum Gasteiger partial charge on any atom is -0.478 e. The van der Waals surface area contributed by atoms with E-state index in [4.69, 9.17) is 5.11 Å². The molecule has 0 aromatic heterocycles. The molecule has 5 nitrogen and oxygen atoms in total. The molecular weight excluding hydrogens is 309 g/mol. The van der Waals surface area contributed by atoms with E-state index in [-0.39, 0.29) is 11.4 Å². The second-order valence-corrected chi connectivity index (χ2v) is 6.49. The Kier molecular flexibility index (Phi) is 4.77. The van der Waals surface area contributed by atoms with Crippen molar-refractivity contribution in [3.63, 3.8) is 0 Å². The molecule has 0 heterocycles. The lowest BCUT2D eigenvalue weighted by molar-refractivity contribution is 0.0697. The summed E-state index contributed by atoms with van der Waals surface area (Å²) in [4.78, 5) is 11.0. The number of hydrogen-bond acceptors (Lipinski definition) is 3. The molecule has 0 saturated heterocycles. The Morgan fingerprint density at radius 1 is 1.14 bits per heavy atom. The molecule has 0 aliphatic carbocycles. The molecule has 2 N–H and O–H groups in total. The third kappa shape index (κ3) is 4.29. The summed E-state index contributed by atoms with van der Waals surface area (Å²) in [5, 5.41) is 8.99. The van der Waals surface area contributed by atoms with Crippen molar-refractivity contribution in [2.45, 2.75) is 6.42 Å². The Hall–Kier alpha value is -2.41. The van der Waals surface area contributed by atoms with E-state index in [9.17, 15) is 17.6 Å². The van der Waals surface area contributed by atoms with Gasteiger partial charge in [0.25, 0.3) is 0 Å². The molecule has 2 aromatic carbocycles. The van der Waals surface area contributed by atoms with Gasteiger partial charge in [-0.2, -0.15) is 0 Å². The summed E-state index contributed by atoms with van der Waals surface area (Å²) in [7, 11) is -3.74. The topological polar surface area (TPSA) is 83.5 Å². The fourth-order valence-electron chi connectivity index (χ4n) is 1.90. The van der Waals surface area contributed by atoms with E-state index in [0.717, 1.165) is 23.8 Å². The number of aromatic carboxylic acids is 1. The van der Waals surface area contributed by atoms with Gasteiger partial charge in [-0.25, -0.2) is 17.6 Å². The number of nitrogens with one attached hydrogen (secondary N) is 1. The maximum atomic E-state index is 13.1. The minimum absolute atomic E-state index is 0.151. The zero-order chi connectivity index (χ0) is 16.2. The van der Waals surface area contributed by atoms with Crippen LogP contribution in [0.25, 0.3) is 0 Å². The van der Waals surface area contributed by atoms with Crippen molar-refractivity contribution < 1.29 is 22.7 Å². The molecule has 7 heteroatoms. The van der Waals surface area contributed by atoms with E-state index < -0.39 is 27.4 Å². The first-order valence-corrected chi connectivity index (χ1v) is 8.10. The van der Waals surface area contributed by atoms with Gasteiger partial charge in [-0.05, 0) is 30.2 Å². The van der Waals surface area contributed by atoms with E-state index in [1.165, 1.54) is 0 Å². The second kappa shape index (κ2) is 6.57. The molecule has 0 aliphatic heterocycles. The van der Waals surface area contributed by atoms with E-state index >= 15 is 0 Å². The first-order chi connectivity index (χ1) is 10.4. The zero-order valence-electron chi connectivity index (χ0n) is 11.5. The molecule has 2 rings (SSSR count). The van der Waals surface area contributed by atoms with Crippen LogP contribution >= 0.6 is 0 Å². The second-order valence-electron chi connectivity index (χ2n) is 4.65. The van der Waals surface area contributed by atoms with Crippen molar-refractivity contribution in [1.29, 1.82) is 0 Å². The fraction of sp³-hybridized carbons (Fsp3) is 0.133. The molecule has 0 aliphatic rings. The van der Waals surface area contributed by atoms with Gasteiger partial charge in [0, 0.05) is 0 Å². The highest BCUT2D eigenvalue weighted by Gasteiger charge is 2.17. The first-order valence-electron chi connectivity index (χ1n) is 6.45. The van der Waals surface area contributed by atoms with Crippen LogP contribution in [0.15, 0.2) is 48.5 Å². The number of carbonyl (C=O) groups is 1. The van der Waals surface area contributed by atoms with E-state index in [1.807, 2.05) is 6.07 Å². The van der Waals surface area contributed by atoms with Gasteiger partial charge in [0.15, 0.2) is 0 Å². The normalized spacial score (nSPS) is 11.1. The summed E-state index contributed by atoms with van der Waals surface area (Å²) in [6.45, 7) is 0. The number of carboxylic acids is 1. The number of benzene rings is 2. The lowest BCUT2D eigenvalue weighted by Gasteiger charge is -2.10. The quantitative estimate of drug-likeness (QED) is 0.855.